The van der Waals surface area contributed by atoms with E-state index in [0.717, 1.165) is 22.3 Å². The number of rotatable bonds is 3. The van der Waals surface area contributed by atoms with Crippen LogP contribution in [0, 0.1) is 0 Å². The Bertz CT molecular complexity index is 991. The van der Waals surface area contributed by atoms with E-state index in [-0.39, 0.29) is 5.91 Å². The van der Waals surface area contributed by atoms with Gasteiger partial charge in [0.15, 0.2) is 5.65 Å². The van der Waals surface area contributed by atoms with E-state index < -0.39 is 0 Å². The lowest BCUT2D eigenvalue weighted by molar-refractivity contribution is 0.102. The smallest absolute Gasteiger partial charge is 0.255 e. The maximum Gasteiger partial charge on any atom is 0.255 e. The van der Waals surface area contributed by atoms with E-state index in [9.17, 15) is 4.79 Å². The second-order valence-electron chi connectivity index (χ2n) is 5.37. The number of hydrogen-bond donors (Lipinski definition) is 2. The van der Waals surface area contributed by atoms with Crippen molar-refractivity contribution in [3.05, 3.63) is 78.5 Å². The standard InChI is InChI=1S/C19H14N4O/c24-19(21-15-5-2-1-3-6-15)14-10-8-13(9-11-14)17-16-7-4-12-20-18(16)23-22-17/h1-12H,(H,21,24)(H,20,22,23). The minimum Gasteiger partial charge on any atom is -0.322 e. The molecule has 0 radical (unpaired) electrons. The van der Waals surface area contributed by atoms with Crippen LogP contribution in [0.3, 0.4) is 0 Å². The molecule has 0 atom stereocenters. The second kappa shape index (κ2) is 5.96. The first-order valence-electron chi connectivity index (χ1n) is 7.57. The monoisotopic (exact) mass is 314 g/mol. The van der Waals surface area contributed by atoms with Gasteiger partial charge in [-0.2, -0.15) is 5.10 Å². The Morgan fingerprint density at radius 1 is 0.917 bits per heavy atom. The zero-order valence-corrected chi connectivity index (χ0v) is 12.7. The molecule has 24 heavy (non-hydrogen) atoms. The number of benzene rings is 2. The molecule has 0 saturated carbocycles. The Balaban J connectivity index is 1.60. The van der Waals surface area contributed by atoms with Gasteiger partial charge in [-0.15, -0.1) is 0 Å². The molecular formula is C19H14N4O. The third-order valence-corrected chi connectivity index (χ3v) is 3.80. The van der Waals surface area contributed by atoms with E-state index in [0.29, 0.717) is 11.2 Å². The highest BCUT2D eigenvalue weighted by molar-refractivity contribution is 6.04. The van der Waals surface area contributed by atoms with Gasteiger partial charge in [0.25, 0.3) is 5.91 Å². The molecular weight excluding hydrogens is 300 g/mol. The van der Waals surface area contributed by atoms with E-state index in [4.69, 9.17) is 0 Å². The Morgan fingerprint density at radius 3 is 2.50 bits per heavy atom. The van der Waals surface area contributed by atoms with E-state index in [1.807, 2.05) is 54.6 Å². The molecule has 0 aliphatic carbocycles. The number of nitrogens with one attached hydrogen (secondary N) is 2. The van der Waals surface area contributed by atoms with Crippen LogP contribution >= 0.6 is 0 Å². The molecule has 2 aromatic carbocycles. The van der Waals surface area contributed by atoms with Crippen LogP contribution in [0.15, 0.2) is 72.9 Å². The van der Waals surface area contributed by atoms with Crippen LogP contribution in [0.1, 0.15) is 10.4 Å². The topological polar surface area (TPSA) is 70.7 Å². The molecule has 0 saturated heterocycles. The third-order valence-electron chi connectivity index (χ3n) is 3.80. The molecule has 0 spiro atoms. The van der Waals surface area contributed by atoms with Gasteiger partial charge in [-0.05, 0) is 36.4 Å². The quantitative estimate of drug-likeness (QED) is 0.603. The number of H-pyrrole nitrogens is 1. The van der Waals surface area contributed by atoms with Gasteiger partial charge >= 0.3 is 0 Å². The van der Waals surface area contributed by atoms with Gasteiger partial charge in [-0.1, -0.05) is 30.3 Å². The summed E-state index contributed by atoms with van der Waals surface area (Å²) < 4.78 is 0. The minimum absolute atomic E-state index is 0.135. The summed E-state index contributed by atoms with van der Waals surface area (Å²) in [5.41, 5.74) is 3.91. The molecule has 116 valence electrons. The Hall–Kier alpha value is -3.47. The number of aromatic nitrogens is 3. The van der Waals surface area contributed by atoms with Gasteiger partial charge in [0.05, 0.1) is 5.69 Å². The van der Waals surface area contributed by atoms with Crippen molar-refractivity contribution in [3.8, 4) is 11.3 Å². The van der Waals surface area contributed by atoms with Crippen LogP contribution in [0.2, 0.25) is 0 Å². The van der Waals surface area contributed by atoms with Crippen molar-refractivity contribution >= 4 is 22.6 Å². The molecule has 0 bridgehead atoms. The first kappa shape index (κ1) is 14.1. The number of pyridine rings is 1. The van der Waals surface area contributed by atoms with Crippen LogP contribution < -0.4 is 5.32 Å². The van der Waals surface area contributed by atoms with Crippen molar-refractivity contribution in [1.82, 2.24) is 15.2 Å². The van der Waals surface area contributed by atoms with E-state index in [1.54, 1.807) is 18.3 Å². The number of amides is 1. The summed E-state index contributed by atoms with van der Waals surface area (Å²) in [5, 5.41) is 11.0. The van der Waals surface area contributed by atoms with Crippen molar-refractivity contribution in [1.29, 1.82) is 0 Å². The van der Waals surface area contributed by atoms with Crippen LogP contribution in [0.25, 0.3) is 22.3 Å². The summed E-state index contributed by atoms with van der Waals surface area (Å²) in [4.78, 5) is 16.5. The Kier molecular flexibility index (Phi) is 3.51. The SMILES string of the molecule is O=C(Nc1ccccc1)c1ccc(-c2[nH]nc3ncccc23)cc1. The van der Waals surface area contributed by atoms with E-state index >= 15 is 0 Å². The highest BCUT2D eigenvalue weighted by atomic mass is 16.1. The predicted octanol–water partition coefficient (Wildman–Crippen LogP) is 3.88. The molecule has 2 N–H and O–H groups in total. The Labute approximate surface area is 138 Å². The molecule has 0 fully saturated rings. The minimum atomic E-state index is -0.135. The number of aromatic amines is 1. The van der Waals surface area contributed by atoms with Crippen molar-refractivity contribution in [3.63, 3.8) is 0 Å². The maximum absolute atomic E-state index is 12.3. The summed E-state index contributed by atoms with van der Waals surface area (Å²) >= 11 is 0. The highest BCUT2D eigenvalue weighted by Gasteiger charge is 2.10. The molecule has 0 unspecified atom stereocenters. The lowest BCUT2D eigenvalue weighted by Crippen LogP contribution is -2.11. The largest absolute Gasteiger partial charge is 0.322 e. The van der Waals surface area contributed by atoms with Crippen LogP contribution in [-0.2, 0) is 0 Å². The first-order chi connectivity index (χ1) is 11.8. The van der Waals surface area contributed by atoms with Gasteiger partial charge in [-0.3, -0.25) is 9.89 Å². The fraction of sp³-hybridized carbons (Fsp3) is 0. The molecule has 4 rings (SSSR count). The molecule has 5 heteroatoms. The zero-order chi connectivity index (χ0) is 16.4. The van der Waals surface area contributed by atoms with Crippen molar-refractivity contribution in [2.24, 2.45) is 0 Å². The predicted molar refractivity (Wildman–Crippen MR) is 93.7 cm³/mol. The van der Waals surface area contributed by atoms with Gasteiger partial charge < -0.3 is 5.32 Å². The van der Waals surface area contributed by atoms with Crippen molar-refractivity contribution in [2.75, 3.05) is 5.32 Å². The average molecular weight is 314 g/mol. The maximum atomic E-state index is 12.3. The molecule has 0 aliphatic rings. The average Bonchev–Trinajstić information content (AvgIpc) is 3.07. The second-order valence-corrected chi connectivity index (χ2v) is 5.37. The number of anilines is 1. The van der Waals surface area contributed by atoms with Crippen LogP contribution in [0.5, 0.6) is 0 Å². The number of para-hydroxylation sites is 1. The summed E-state index contributed by atoms with van der Waals surface area (Å²) in [7, 11) is 0. The summed E-state index contributed by atoms with van der Waals surface area (Å²) in [6.07, 6.45) is 1.71. The van der Waals surface area contributed by atoms with Gasteiger partial charge in [0.2, 0.25) is 0 Å². The number of hydrogen-bond acceptors (Lipinski definition) is 3. The van der Waals surface area contributed by atoms with Crippen LogP contribution in [0.4, 0.5) is 5.69 Å². The molecule has 5 nitrogen and oxygen atoms in total. The summed E-state index contributed by atoms with van der Waals surface area (Å²) in [5.74, 6) is -0.135. The molecule has 2 heterocycles. The normalized spacial score (nSPS) is 10.7. The summed E-state index contributed by atoms with van der Waals surface area (Å²) in [6.45, 7) is 0. The van der Waals surface area contributed by atoms with Gasteiger partial charge in [0, 0.05) is 28.4 Å². The lowest BCUT2D eigenvalue weighted by atomic mass is 10.1. The third kappa shape index (κ3) is 2.63. The zero-order valence-electron chi connectivity index (χ0n) is 12.7. The fourth-order valence-electron chi connectivity index (χ4n) is 2.58. The number of carbonyl (C=O) groups excluding carboxylic acids is 1. The highest BCUT2D eigenvalue weighted by Crippen LogP contribution is 2.25. The van der Waals surface area contributed by atoms with Gasteiger partial charge in [-0.25, -0.2) is 4.98 Å². The lowest BCUT2D eigenvalue weighted by Gasteiger charge is -2.06. The molecule has 2 aromatic heterocycles. The number of carbonyl (C=O) groups is 1. The summed E-state index contributed by atoms with van der Waals surface area (Å²) in [6, 6.07) is 20.7. The molecule has 1 amide bonds. The van der Waals surface area contributed by atoms with Gasteiger partial charge in [0.1, 0.15) is 0 Å². The first-order valence-corrected chi connectivity index (χ1v) is 7.57. The number of fused-ring (bicyclic) bond motifs is 1. The van der Waals surface area contributed by atoms with Crippen LogP contribution in [-0.4, -0.2) is 21.1 Å². The van der Waals surface area contributed by atoms with E-state index in [1.165, 1.54) is 0 Å². The molecule has 0 aliphatic heterocycles. The van der Waals surface area contributed by atoms with Crippen molar-refractivity contribution < 1.29 is 4.79 Å². The molecule has 4 aromatic rings. The number of nitrogens with zero attached hydrogens (tertiary/aromatic N) is 2. The fourth-order valence-corrected chi connectivity index (χ4v) is 2.58. The van der Waals surface area contributed by atoms with E-state index in [2.05, 4.69) is 20.5 Å². The Morgan fingerprint density at radius 2 is 1.71 bits per heavy atom. The van der Waals surface area contributed by atoms with Crippen molar-refractivity contribution in [2.45, 2.75) is 0 Å².